The molecule has 1 saturated heterocycles. The molecule has 0 amide bonds. The van der Waals surface area contributed by atoms with Gasteiger partial charge in [-0.1, -0.05) is 0 Å². The molecule has 1 atom stereocenters. The Bertz CT molecular complexity index is 392. The topological polar surface area (TPSA) is 68.3 Å². The Morgan fingerprint density at radius 3 is 3.00 bits per heavy atom. The maximum Gasteiger partial charge on any atom is 0.124 e. The summed E-state index contributed by atoms with van der Waals surface area (Å²) in [5.41, 5.74) is 6.60. The van der Waals surface area contributed by atoms with E-state index in [-0.39, 0.29) is 6.10 Å². The Hall–Kier alpha value is -1.73. The van der Waals surface area contributed by atoms with E-state index in [0.717, 1.165) is 13.0 Å². The van der Waals surface area contributed by atoms with Crippen molar-refractivity contribution >= 4 is 5.69 Å². The minimum absolute atomic E-state index is 0.109. The predicted octanol–water partition coefficient (Wildman–Crippen LogP) is 1.31. The highest BCUT2D eigenvalue weighted by atomic mass is 16.5. The van der Waals surface area contributed by atoms with Gasteiger partial charge in [-0.25, -0.2) is 0 Å². The summed E-state index contributed by atoms with van der Waals surface area (Å²) in [6.45, 7) is 1.37. The maximum absolute atomic E-state index is 8.70. The highest BCUT2D eigenvalue weighted by Gasteiger charge is 2.17. The molecule has 0 saturated carbocycles. The van der Waals surface area contributed by atoms with Crippen molar-refractivity contribution in [3.05, 3.63) is 23.8 Å². The number of rotatable bonds is 2. The van der Waals surface area contributed by atoms with Gasteiger partial charge in [0.1, 0.15) is 17.9 Å². The smallest absolute Gasteiger partial charge is 0.124 e. The van der Waals surface area contributed by atoms with Gasteiger partial charge >= 0.3 is 0 Å². The third kappa shape index (κ3) is 2.20. The van der Waals surface area contributed by atoms with Crippen molar-refractivity contribution in [2.45, 2.75) is 12.5 Å². The Morgan fingerprint density at radius 1 is 1.53 bits per heavy atom. The normalized spacial score (nSPS) is 19.8. The van der Waals surface area contributed by atoms with Crippen LogP contribution in [0.2, 0.25) is 0 Å². The zero-order valence-corrected chi connectivity index (χ0v) is 8.27. The van der Waals surface area contributed by atoms with E-state index in [9.17, 15) is 0 Å². The van der Waals surface area contributed by atoms with Crippen molar-refractivity contribution in [1.29, 1.82) is 5.26 Å². The molecule has 4 nitrogen and oxygen atoms in total. The number of anilines is 1. The van der Waals surface area contributed by atoms with Gasteiger partial charge in [-0.05, 0) is 12.1 Å². The summed E-state index contributed by atoms with van der Waals surface area (Å²) in [7, 11) is 0. The van der Waals surface area contributed by atoms with Gasteiger partial charge in [0.25, 0.3) is 0 Å². The number of nitrogen functional groups attached to an aromatic ring is 1. The molecule has 0 radical (unpaired) electrons. The summed E-state index contributed by atoms with van der Waals surface area (Å²) in [6, 6.07) is 7.11. The van der Waals surface area contributed by atoms with Crippen LogP contribution in [-0.4, -0.2) is 19.3 Å². The van der Waals surface area contributed by atoms with Gasteiger partial charge < -0.3 is 15.2 Å². The minimum Gasteiger partial charge on any atom is -0.488 e. The molecule has 1 aromatic carbocycles. The van der Waals surface area contributed by atoms with Gasteiger partial charge in [0, 0.05) is 12.5 Å². The van der Waals surface area contributed by atoms with Gasteiger partial charge in [-0.3, -0.25) is 0 Å². The Kier molecular flexibility index (Phi) is 2.75. The van der Waals surface area contributed by atoms with Crippen molar-refractivity contribution in [3.63, 3.8) is 0 Å². The molecule has 1 fully saturated rings. The molecule has 2 N–H and O–H groups in total. The lowest BCUT2D eigenvalue weighted by Crippen LogP contribution is -2.15. The maximum atomic E-state index is 8.70. The van der Waals surface area contributed by atoms with Crippen LogP contribution in [0.1, 0.15) is 12.0 Å². The summed E-state index contributed by atoms with van der Waals surface area (Å²) < 4.78 is 10.8. The molecule has 0 bridgehead atoms. The molecule has 0 spiro atoms. The molecule has 1 aliphatic rings. The highest BCUT2D eigenvalue weighted by molar-refractivity contribution is 5.57. The van der Waals surface area contributed by atoms with Crippen LogP contribution < -0.4 is 10.5 Å². The third-order valence-electron chi connectivity index (χ3n) is 2.33. The number of benzene rings is 1. The van der Waals surface area contributed by atoms with E-state index >= 15 is 0 Å². The van der Waals surface area contributed by atoms with Crippen LogP contribution >= 0.6 is 0 Å². The lowest BCUT2D eigenvalue weighted by atomic mass is 10.2. The van der Waals surface area contributed by atoms with E-state index in [1.54, 1.807) is 18.2 Å². The van der Waals surface area contributed by atoms with E-state index < -0.39 is 0 Å². The number of hydrogen-bond acceptors (Lipinski definition) is 4. The van der Waals surface area contributed by atoms with Crippen molar-refractivity contribution in [2.24, 2.45) is 0 Å². The summed E-state index contributed by atoms with van der Waals surface area (Å²) in [4.78, 5) is 0. The number of nitrogens with zero attached hydrogens (tertiary/aromatic N) is 1. The highest BCUT2D eigenvalue weighted by Crippen LogP contribution is 2.22. The van der Waals surface area contributed by atoms with Crippen molar-refractivity contribution in [3.8, 4) is 11.8 Å². The van der Waals surface area contributed by atoms with Crippen LogP contribution in [0, 0.1) is 11.3 Å². The monoisotopic (exact) mass is 204 g/mol. The standard InChI is InChI=1S/C11H12N2O2/c12-6-8-1-2-9(5-11(8)13)15-10-3-4-14-7-10/h1-2,5,10H,3-4,7,13H2/t10-/m0/s1. The molecule has 15 heavy (non-hydrogen) atoms. The summed E-state index contributed by atoms with van der Waals surface area (Å²) in [5, 5.41) is 8.70. The number of nitrogens with two attached hydrogens (primary N) is 1. The van der Waals surface area contributed by atoms with Crippen LogP contribution in [0.15, 0.2) is 18.2 Å². The van der Waals surface area contributed by atoms with Gasteiger partial charge in [0.05, 0.1) is 24.5 Å². The molecule has 1 heterocycles. The van der Waals surface area contributed by atoms with Gasteiger partial charge in [-0.2, -0.15) is 5.26 Å². The fraction of sp³-hybridized carbons (Fsp3) is 0.364. The summed E-state index contributed by atoms with van der Waals surface area (Å²) in [6.07, 6.45) is 1.01. The molecule has 0 aliphatic carbocycles. The average Bonchev–Trinajstić information content (AvgIpc) is 2.71. The molecule has 0 aromatic heterocycles. The second-order valence-electron chi connectivity index (χ2n) is 3.46. The third-order valence-corrected chi connectivity index (χ3v) is 2.33. The second-order valence-corrected chi connectivity index (χ2v) is 3.46. The molecule has 1 aliphatic heterocycles. The van der Waals surface area contributed by atoms with Gasteiger partial charge in [0.2, 0.25) is 0 Å². The number of ether oxygens (including phenoxy) is 2. The van der Waals surface area contributed by atoms with Crippen LogP contribution in [0.3, 0.4) is 0 Å². The van der Waals surface area contributed by atoms with Crippen molar-refractivity contribution < 1.29 is 9.47 Å². The lowest BCUT2D eigenvalue weighted by molar-refractivity contribution is 0.141. The molecule has 2 rings (SSSR count). The van der Waals surface area contributed by atoms with Gasteiger partial charge in [0.15, 0.2) is 0 Å². The second kappa shape index (κ2) is 4.20. The first-order chi connectivity index (χ1) is 7.29. The van der Waals surface area contributed by atoms with E-state index in [4.69, 9.17) is 20.5 Å². The largest absolute Gasteiger partial charge is 0.488 e. The first-order valence-corrected chi connectivity index (χ1v) is 4.83. The minimum atomic E-state index is 0.109. The zero-order chi connectivity index (χ0) is 10.7. The molecular weight excluding hydrogens is 192 g/mol. The van der Waals surface area contributed by atoms with Gasteiger partial charge in [-0.15, -0.1) is 0 Å². The molecule has 78 valence electrons. The fourth-order valence-electron chi connectivity index (χ4n) is 1.51. The molecule has 4 heteroatoms. The average molecular weight is 204 g/mol. The predicted molar refractivity (Wildman–Crippen MR) is 55.4 cm³/mol. The number of hydrogen-bond donors (Lipinski definition) is 1. The van der Waals surface area contributed by atoms with Crippen molar-refractivity contribution in [1.82, 2.24) is 0 Å². The molecule has 1 aromatic rings. The molecule has 0 unspecified atom stereocenters. The summed E-state index contributed by atoms with van der Waals surface area (Å²) >= 11 is 0. The Morgan fingerprint density at radius 2 is 2.40 bits per heavy atom. The Balaban J connectivity index is 2.09. The van der Waals surface area contributed by atoms with E-state index in [2.05, 4.69) is 0 Å². The fourth-order valence-corrected chi connectivity index (χ4v) is 1.51. The van der Waals surface area contributed by atoms with E-state index in [1.807, 2.05) is 6.07 Å². The SMILES string of the molecule is N#Cc1ccc(O[C@H]2CCOC2)cc1N. The van der Waals surface area contributed by atoms with Crippen LogP contribution in [0.5, 0.6) is 5.75 Å². The zero-order valence-electron chi connectivity index (χ0n) is 8.27. The first-order valence-electron chi connectivity index (χ1n) is 4.83. The van der Waals surface area contributed by atoms with E-state index in [0.29, 0.717) is 23.6 Å². The number of nitriles is 1. The van der Waals surface area contributed by atoms with Crippen LogP contribution in [0.25, 0.3) is 0 Å². The summed E-state index contributed by atoms with van der Waals surface area (Å²) in [5.74, 6) is 0.696. The van der Waals surface area contributed by atoms with Crippen LogP contribution in [-0.2, 0) is 4.74 Å². The quantitative estimate of drug-likeness (QED) is 0.737. The van der Waals surface area contributed by atoms with Crippen LogP contribution in [0.4, 0.5) is 5.69 Å². The van der Waals surface area contributed by atoms with E-state index in [1.165, 1.54) is 0 Å². The lowest BCUT2D eigenvalue weighted by Gasteiger charge is -2.12. The molecular formula is C11H12N2O2. The first kappa shape index (κ1) is 9.81. The van der Waals surface area contributed by atoms with Crippen molar-refractivity contribution in [2.75, 3.05) is 18.9 Å². The Labute approximate surface area is 88.2 Å².